The number of pyridine rings is 1. The standard InChI is InChI=1S/C17H17ClF3N3O2S/c18-14-5-4-12(17(19,20)21)11-15(14)27(25,26)23-13-6-9-24(10-7-13)16-3-1-2-8-22-16/h1-5,8,11,13,23H,6-7,9-10H2. The van der Waals surface area contributed by atoms with Crippen molar-refractivity contribution in [3.63, 3.8) is 0 Å². The predicted molar refractivity (Wildman–Crippen MR) is 96.2 cm³/mol. The number of sulfonamides is 1. The van der Waals surface area contributed by atoms with Gasteiger partial charge in [-0.3, -0.25) is 0 Å². The summed E-state index contributed by atoms with van der Waals surface area (Å²) >= 11 is 5.85. The molecule has 1 aliphatic rings. The number of piperidine rings is 1. The molecule has 1 N–H and O–H groups in total. The molecule has 0 radical (unpaired) electrons. The third-order valence-electron chi connectivity index (χ3n) is 4.34. The van der Waals surface area contributed by atoms with Crippen LogP contribution in [0, 0.1) is 0 Å². The zero-order valence-corrected chi connectivity index (χ0v) is 15.7. The molecular formula is C17H17ClF3N3O2S. The Bertz CT molecular complexity index is 899. The molecule has 3 rings (SSSR count). The van der Waals surface area contributed by atoms with Gasteiger partial charge in [0.25, 0.3) is 0 Å². The molecule has 146 valence electrons. The lowest BCUT2D eigenvalue weighted by molar-refractivity contribution is -0.137. The molecule has 1 aromatic carbocycles. The molecular weight excluding hydrogens is 403 g/mol. The topological polar surface area (TPSA) is 62.3 Å². The highest BCUT2D eigenvalue weighted by Gasteiger charge is 2.33. The van der Waals surface area contributed by atoms with Gasteiger partial charge in [0.05, 0.1) is 10.6 Å². The molecule has 1 saturated heterocycles. The normalized spacial score (nSPS) is 16.5. The fraction of sp³-hybridized carbons (Fsp3) is 0.353. The first-order chi connectivity index (χ1) is 12.7. The summed E-state index contributed by atoms with van der Waals surface area (Å²) in [6.07, 6.45) is -1.96. The first kappa shape index (κ1) is 19.9. The van der Waals surface area contributed by atoms with Crippen molar-refractivity contribution in [3.8, 4) is 0 Å². The first-order valence-electron chi connectivity index (χ1n) is 8.22. The van der Waals surface area contributed by atoms with E-state index in [9.17, 15) is 21.6 Å². The minimum atomic E-state index is -4.65. The molecule has 0 aliphatic carbocycles. The summed E-state index contributed by atoms with van der Waals surface area (Å²) < 4.78 is 66.2. The van der Waals surface area contributed by atoms with Crippen molar-refractivity contribution in [1.82, 2.24) is 9.71 Å². The van der Waals surface area contributed by atoms with Crippen LogP contribution < -0.4 is 9.62 Å². The average Bonchev–Trinajstić information content (AvgIpc) is 2.62. The number of alkyl halides is 3. The van der Waals surface area contributed by atoms with E-state index in [0.717, 1.165) is 18.0 Å². The van der Waals surface area contributed by atoms with Gasteiger partial charge in [-0.2, -0.15) is 13.2 Å². The van der Waals surface area contributed by atoms with Gasteiger partial charge in [-0.25, -0.2) is 18.1 Å². The Kier molecular flexibility index (Phi) is 5.64. The van der Waals surface area contributed by atoms with Crippen molar-refractivity contribution < 1.29 is 21.6 Å². The number of hydrogen-bond donors (Lipinski definition) is 1. The summed E-state index contributed by atoms with van der Waals surface area (Å²) in [5, 5.41) is -0.249. The number of aromatic nitrogens is 1. The Hall–Kier alpha value is -1.84. The number of hydrogen-bond acceptors (Lipinski definition) is 4. The minimum Gasteiger partial charge on any atom is -0.357 e. The van der Waals surface area contributed by atoms with Crippen molar-refractivity contribution in [3.05, 3.63) is 53.2 Å². The molecule has 0 bridgehead atoms. The molecule has 5 nitrogen and oxygen atoms in total. The van der Waals surface area contributed by atoms with E-state index in [1.165, 1.54) is 0 Å². The summed E-state index contributed by atoms with van der Waals surface area (Å²) in [6.45, 7) is 1.17. The van der Waals surface area contributed by atoms with E-state index in [1.54, 1.807) is 6.20 Å². The van der Waals surface area contributed by atoms with Crippen LogP contribution in [-0.4, -0.2) is 32.5 Å². The fourth-order valence-corrected chi connectivity index (χ4v) is 4.77. The molecule has 2 heterocycles. The quantitative estimate of drug-likeness (QED) is 0.820. The monoisotopic (exact) mass is 419 g/mol. The highest BCUT2D eigenvalue weighted by atomic mass is 35.5. The van der Waals surface area contributed by atoms with E-state index < -0.39 is 26.7 Å². The number of nitrogens with one attached hydrogen (secondary N) is 1. The summed E-state index contributed by atoms with van der Waals surface area (Å²) in [5.74, 6) is 0.805. The van der Waals surface area contributed by atoms with Gasteiger partial charge in [-0.05, 0) is 43.2 Å². The van der Waals surface area contributed by atoms with Gasteiger partial charge in [-0.15, -0.1) is 0 Å². The number of rotatable bonds is 4. The molecule has 0 saturated carbocycles. The molecule has 27 heavy (non-hydrogen) atoms. The second-order valence-electron chi connectivity index (χ2n) is 6.21. The second kappa shape index (κ2) is 7.65. The Balaban J connectivity index is 1.71. The van der Waals surface area contributed by atoms with E-state index in [4.69, 9.17) is 11.6 Å². The lowest BCUT2D eigenvalue weighted by Gasteiger charge is -2.33. The summed E-state index contributed by atoms with van der Waals surface area (Å²) in [6, 6.07) is 7.42. The molecule has 0 amide bonds. The average molecular weight is 420 g/mol. The molecule has 0 spiro atoms. The number of nitrogens with zero attached hydrogens (tertiary/aromatic N) is 2. The SMILES string of the molecule is O=S(=O)(NC1CCN(c2ccccn2)CC1)c1cc(C(F)(F)F)ccc1Cl. The van der Waals surface area contributed by atoms with Gasteiger partial charge in [0.1, 0.15) is 10.7 Å². The summed E-state index contributed by atoms with van der Waals surface area (Å²) in [5.41, 5.74) is -1.06. The van der Waals surface area contributed by atoms with Crippen LogP contribution in [0.1, 0.15) is 18.4 Å². The van der Waals surface area contributed by atoms with Gasteiger partial charge in [-0.1, -0.05) is 17.7 Å². The highest BCUT2D eigenvalue weighted by molar-refractivity contribution is 7.89. The van der Waals surface area contributed by atoms with E-state index >= 15 is 0 Å². The van der Waals surface area contributed by atoms with Crippen LogP contribution in [0.2, 0.25) is 5.02 Å². The van der Waals surface area contributed by atoms with E-state index in [2.05, 4.69) is 9.71 Å². The maximum atomic E-state index is 12.9. The van der Waals surface area contributed by atoms with Crippen molar-refractivity contribution in [1.29, 1.82) is 0 Å². The lowest BCUT2D eigenvalue weighted by Crippen LogP contribution is -2.44. The Labute approximate surface area is 160 Å². The lowest BCUT2D eigenvalue weighted by atomic mass is 10.1. The van der Waals surface area contributed by atoms with E-state index in [1.807, 2.05) is 23.1 Å². The molecule has 1 aromatic heterocycles. The van der Waals surface area contributed by atoms with Crippen molar-refractivity contribution in [2.24, 2.45) is 0 Å². The van der Waals surface area contributed by atoms with Gasteiger partial charge < -0.3 is 4.90 Å². The second-order valence-corrected chi connectivity index (χ2v) is 8.30. The molecule has 2 aromatic rings. The molecule has 0 unspecified atom stereocenters. The Morgan fingerprint density at radius 2 is 1.85 bits per heavy atom. The van der Waals surface area contributed by atoms with Crippen LogP contribution in [0.5, 0.6) is 0 Å². The molecule has 0 atom stereocenters. The maximum absolute atomic E-state index is 12.9. The Morgan fingerprint density at radius 1 is 1.15 bits per heavy atom. The van der Waals surface area contributed by atoms with Gasteiger partial charge in [0, 0.05) is 25.3 Å². The van der Waals surface area contributed by atoms with Crippen molar-refractivity contribution >= 4 is 27.4 Å². The van der Waals surface area contributed by atoms with Crippen molar-refractivity contribution in [2.75, 3.05) is 18.0 Å². The van der Waals surface area contributed by atoms with Crippen LogP contribution in [0.3, 0.4) is 0 Å². The van der Waals surface area contributed by atoms with Crippen LogP contribution in [0.25, 0.3) is 0 Å². The Morgan fingerprint density at radius 3 is 2.44 bits per heavy atom. The van der Waals surface area contributed by atoms with Crippen LogP contribution in [0.15, 0.2) is 47.5 Å². The zero-order chi connectivity index (χ0) is 19.7. The third kappa shape index (κ3) is 4.72. The molecule has 10 heteroatoms. The fourth-order valence-electron chi connectivity index (χ4n) is 2.94. The number of anilines is 1. The summed E-state index contributed by atoms with van der Waals surface area (Å²) in [4.78, 5) is 5.72. The molecule has 1 aliphatic heterocycles. The van der Waals surface area contributed by atoms with E-state index in [-0.39, 0.29) is 11.1 Å². The van der Waals surface area contributed by atoms with Gasteiger partial charge in [0.2, 0.25) is 10.0 Å². The maximum Gasteiger partial charge on any atom is 0.416 e. The first-order valence-corrected chi connectivity index (χ1v) is 10.1. The van der Waals surface area contributed by atoms with Crippen molar-refractivity contribution in [2.45, 2.75) is 30.0 Å². The van der Waals surface area contributed by atoms with Crippen LogP contribution >= 0.6 is 11.6 Å². The smallest absolute Gasteiger partial charge is 0.357 e. The third-order valence-corrected chi connectivity index (χ3v) is 6.34. The number of benzene rings is 1. The van der Waals surface area contributed by atoms with Gasteiger partial charge >= 0.3 is 6.18 Å². The largest absolute Gasteiger partial charge is 0.416 e. The highest BCUT2D eigenvalue weighted by Crippen LogP contribution is 2.33. The zero-order valence-electron chi connectivity index (χ0n) is 14.1. The number of halogens is 4. The minimum absolute atomic E-state index is 0.249. The van der Waals surface area contributed by atoms with E-state index in [0.29, 0.717) is 32.0 Å². The van der Waals surface area contributed by atoms with Crippen LogP contribution in [0.4, 0.5) is 19.0 Å². The molecule has 1 fully saturated rings. The summed E-state index contributed by atoms with van der Waals surface area (Å²) in [7, 11) is -4.17. The van der Waals surface area contributed by atoms with Gasteiger partial charge in [0.15, 0.2) is 0 Å². The van der Waals surface area contributed by atoms with Crippen LogP contribution in [-0.2, 0) is 16.2 Å². The predicted octanol–water partition coefficient (Wildman–Crippen LogP) is 3.70.